The SMILES string of the molecule is CC(C)NCc1ccc(-n2ccc(C3CC3)n2)cc1Cl. The number of aromatic nitrogens is 2. The Morgan fingerprint density at radius 1 is 1.35 bits per heavy atom. The van der Waals surface area contributed by atoms with E-state index in [-0.39, 0.29) is 0 Å². The first-order chi connectivity index (χ1) is 9.63. The van der Waals surface area contributed by atoms with Crippen LogP contribution in [0.4, 0.5) is 0 Å². The van der Waals surface area contributed by atoms with Gasteiger partial charge >= 0.3 is 0 Å². The summed E-state index contributed by atoms with van der Waals surface area (Å²) in [5.74, 6) is 0.682. The molecular weight excluding hydrogens is 270 g/mol. The summed E-state index contributed by atoms with van der Waals surface area (Å²) in [5, 5.41) is 8.80. The van der Waals surface area contributed by atoms with E-state index in [1.165, 1.54) is 18.5 Å². The van der Waals surface area contributed by atoms with Gasteiger partial charge < -0.3 is 5.32 Å². The highest BCUT2D eigenvalue weighted by atomic mass is 35.5. The molecule has 3 rings (SSSR count). The van der Waals surface area contributed by atoms with Gasteiger partial charge in [-0.3, -0.25) is 0 Å². The maximum absolute atomic E-state index is 6.36. The van der Waals surface area contributed by atoms with Gasteiger partial charge in [0.25, 0.3) is 0 Å². The number of hydrogen-bond acceptors (Lipinski definition) is 2. The van der Waals surface area contributed by atoms with Gasteiger partial charge in [-0.1, -0.05) is 31.5 Å². The van der Waals surface area contributed by atoms with Gasteiger partial charge in [-0.05, 0) is 36.6 Å². The molecule has 1 fully saturated rings. The molecule has 0 bridgehead atoms. The van der Waals surface area contributed by atoms with Crippen LogP contribution in [0.5, 0.6) is 0 Å². The van der Waals surface area contributed by atoms with E-state index in [2.05, 4.69) is 42.5 Å². The zero-order chi connectivity index (χ0) is 14.1. The molecule has 4 heteroatoms. The second-order valence-corrected chi connectivity index (χ2v) is 6.18. The van der Waals surface area contributed by atoms with Crippen LogP contribution in [0.25, 0.3) is 5.69 Å². The van der Waals surface area contributed by atoms with Crippen LogP contribution in [0.1, 0.15) is 43.9 Å². The Bertz CT molecular complexity index is 600. The third-order valence-electron chi connectivity index (χ3n) is 3.61. The molecule has 1 aliphatic rings. The average Bonchev–Trinajstić information content (AvgIpc) is 3.15. The fourth-order valence-electron chi connectivity index (χ4n) is 2.21. The minimum absolute atomic E-state index is 0.456. The molecule has 1 aromatic carbocycles. The molecule has 0 spiro atoms. The molecule has 0 amide bonds. The molecule has 0 radical (unpaired) electrons. The van der Waals surface area contributed by atoms with Crippen LogP contribution in [0.2, 0.25) is 5.02 Å². The lowest BCUT2D eigenvalue weighted by Gasteiger charge is -2.11. The maximum Gasteiger partial charge on any atom is 0.0660 e. The topological polar surface area (TPSA) is 29.9 Å². The molecule has 106 valence electrons. The van der Waals surface area contributed by atoms with E-state index in [4.69, 9.17) is 11.6 Å². The zero-order valence-corrected chi connectivity index (χ0v) is 12.7. The normalized spacial score (nSPS) is 15.0. The summed E-state index contributed by atoms with van der Waals surface area (Å²) in [5.41, 5.74) is 3.35. The fraction of sp³-hybridized carbons (Fsp3) is 0.438. The van der Waals surface area contributed by atoms with Crippen molar-refractivity contribution in [3.8, 4) is 5.69 Å². The summed E-state index contributed by atoms with van der Waals surface area (Å²) in [7, 11) is 0. The van der Waals surface area contributed by atoms with Gasteiger partial charge in [0.1, 0.15) is 0 Å². The summed E-state index contributed by atoms with van der Waals surface area (Å²) in [6, 6.07) is 8.71. The molecule has 1 aliphatic carbocycles. The molecule has 1 N–H and O–H groups in total. The molecule has 0 atom stereocenters. The summed E-state index contributed by atoms with van der Waals surface area (Å²) >= 11 is 6.36. The second-order valence-electron chi connectivity index (χ2n) is 5.77. The number of hydrogen-bond donors (Lipinski definition) is 1. The van der Waals surface area contributed by atoms with Crippen LogP contribution in [-0.4, -0.2) is 15.8 Å². The molecule has 0 saturated heterocycles. The minimum Gasteiger partial charge on any atom is -0.310 e. The van der Waals surface area contributed by atoms with Gasteiger partial charge in [-0.25, -0.2) is 4.68 Å². The van der Waals surface area contributed by atoms with Crippen LogP contribution in [-0.2, 0) is 6.54 Å². The largest absolute Gasteiger partial charge is 0.310 e. The summed E-state index contributed by atoms with van der Waals surface area (Å²) in [4.78, 5) is 0. The Labute approximate surface area is 124 Å². The van der Waals surface area contributed by atoms with Crippen LogP contribution in [0, 0.1) is 0 Å². The number of benzene rings is 1. The fourth-order valence-corrected chi connectivity index (χ4v) is 2.46. The predicted molar refractivity (Wildman–Crippen MR) is 82.5 cm³/mol. The predicted octanol–water partition coefficient (Wildman–Crippen LogP) is 3.90. The lowest BCUT2D eigenvalue weighted by Crippen LogP contribution is -2.22. The van der Waals surface area contributed by atoms with E-state index in [9.17, 15) is 0 Å². The van der Waals surface area contributed by atoms with E-state index in [0.29, 0.717) is 12.0 Å². The number of nitrogens with one attached hydrogen (secondary N) is 1. The van der Waals surface area contributed by atoms with Crippen molar-refractivity contribution < 1.29 is 0 Å². The molecule has 20 heavy (non-hydrogen) atoms. The summed E-state index contributed by atoms with van der Waals surface area (Å²) in [6.45, 7) is 5.06. The average molecular weight is 290 g/mol. The highest BCUT2D eigenvalue weighted by Crippen LogP contribution is 2.39. The third-order valence-corrected chi connectivity index (χ3v) is 3.96. The Morgan fingerprint density at radius 3 is 2.80 bits per heavy atom. The second kappa shape index (κ2) is 5.58. The van der Waals surface area contributed by atoms with E-state index in [0.717, 1.165) is 22.8 Å². The molecule has 1 heterocycles. The van der Waals surface area contributed by atoms with E-state index < -0.39 is 0 Å². The first kappa shape index (κ1) is 13.7. The van der Waals surface area contributed by atoms with Crippen molar-refractivity contribution >= 4 is 11.6 Å². The Hall–Kier alpha value is -1.32. The first-order valence-electron chi connectivity index (χ1n) is 7.21. The molecule has 1 saturated carbocycles. The van der Waals surface area contributed by atoms with Gasteiger partial charge in [0.2, 0.25) is 0 Å². The lowest BCUT2D eigenvalue weighted by atomic mass is 10.2. The Kier molecular flexibility index (Phi) is 3.81. The highest BCUT2D eigenvalue weighted by molar-refractivity contribution is 6.31. The van der Waals surface area contributed by atoms with E-state index in [1.54, 1.807) is 0 Å². The van der Waals surface area contributed by atoms with Gasteiger partial charge in [-0.15, -0.1) is 0 Å². The van der Waals surface area contributed by atoms with Crippen molar-refractivity contribution in [2.75, 3.05) is 0 Å². The molecule has 3 nitrogen and oxygen atoms in total. The van der Waals surface area contributed by atoms with Crippen LogP contribution >= 0.6 is 11.6 Å². The van der Waals surface area contributed by atoms with Crippen molar-refractivity contribution in [1.29, 1.82) is 0 Å². The maximum atomic E-state index is 6.36. The van der Waals surface area contributed by atoms with E-state index >= 15 is 0 Å². The molecule has 2 aromatic rings. The Morgan fingerprint density at radius 2 is 2.15 bits per heavy atom. The lowest BCUT2D eigenvalue weighted by molar-refractivity contribution is 0.589. The van der Waals surface area contributed by atoms with Gasteiger partial charge in [0.05, 0.1) is 11.4 Å². The number of rotatable bonds is 5. The van der Waals surface area contributed by atoms with Gasteiger partial charge in [0.15, 0.2) is 0 Å². The summed E-state index contributed by atoms with van der Waals surface area (Å²) < 4.78 is 1.92. The molecule has 0 aliphatic heterocycles. The molecule has 1 aromatic heterocycles. The van der Waals surface area contributed by atoms with Crippen molar-refractivity contribution in [1.82, 2.24) is 15.1 Å². The highest BCUT2D eigenvalue weighted by Gasteiger charge is 2.25. The van der Waals surface area contributed by atoms with Crippen molar-refractivity contribution in [2.45, 2.75) is 45.2 Å². The monoisotopic (exact) mass is 289 g/mol. The Balaban J connectivity index is 1.78. The van der Waals surface area contributed by atoms with Crippen LogP contribution in [0.15, 0.2) is 30.5 Å². The van der Waals surface area contributed by atoms with Crippen LogP contribution < -0.4 is 5.32 Å². The van der Waals surface area contributed by atoms with Crippen molar-refractivity contribution in [2.24, 2.45) is 0 Å². The van der Waals surface area contributed by atoms with E-state index in [1.807, 2.05) is 16.9 Å². The van der Waals surface area contributed by atoms with Crippen molar-refractivity contribution in [3.63, 3.8) is 0 Å². The zero-order valence-electron chi connectivity index (χ0n) is 11.9. The van der Waals surface area contributed by atoms with Crippen LogP contribution in [0.3, 0.4) is 0 Å². The number of nitrogens with zero attached hydrogens (tertiary/aromatic N) is 2. The number of halogens is 1. The third kappa shape index (κ3) is 3.05. The standard InChI is InChI=1S/C16H20ClN3/c1-11(2)18-10-13-5-6-14(9-15(13)17)20-8-7-16(19-20)12-3-4-12/h5-9,11-12,18H,3-4,10H2,1-2H3. The van der Waals surface area contributed by atoms with Gasteiger partial charge in [-0.2, -0.15) is 5.10 Å². The molecule has 0 unspecified atom stereocenters. The summed E-state index contributed by atoms with van der Waals surface area (Å²) in [6.07, 6.45) is 4.57. The van der Waals surface area contributed by atoms with Crippen molar-refractivity contribution in [3.05, 3.63) is 46.7 Å². The quantitative estimate of drug-likeness (QED) is 0.905. The minimum atomic E-state index is 0.456. The molecular formula is C16H20ClN3. The first-order valence-corrected chi connectivity index (χ1v) is 7.59. The van der Waals surface area contributed by atoms with Gasteiger partial charge in [0, 0.05) is 29.7 Å². The smallest absolute Gasteiger partial charge is 0.0660 e.